The summed E-state index contributed by atoms with van der Waals surface area (Å²) in [5.74, 6) is -8.78. The molecule has 0 bridgehead atoms. The highest BCUT2D eigenvalue weighted by molar-refractivity contribution is 6.25. The summed E-state index contributed by atoms with van der Waals surface area (Å²) in [6.07, 6.45) is -1.69. The van der Waals surface area contributed by atoms with Gasteiger partial charge in [0.2, 0.25) is 5.78 Å². The summed E-state index contributed by atoms with van der Waals surface area (Å²) in [6, 6.07) is 2.89. The number of benzene rings is 1. The van der Waals surface area contributed by atoms with Crippen molar-refractivity contribution in [2.75, 3.05) is 14.1 Å². The summed E-state index contributed by atoms with van der Waals surface area (Å²) in [6.45, 7) is 3.91. The Morgan fingerprint density at radius 3 is 2.38 bits per heavy atom. The molecule has 7 N–H and O–H groups in total. The fourth-order valence-corrected chi connectivity index (χ4v) is 5.21. The predicted octanol–water partition coefficient (Wildman–Crippen LogP) is -0.594. The van der Waals surface area contributed by atoms with E-state index in [0.717, 1.165) is 0 Å². The molecular formula is C22H22N2O8. The maximum atomic E-state index is 13.6. The molecule has 0 radical (unpaired) electrons. The van der Waals surface area contributed by atoms with Gasteiger partial charge >= 0.3 is 0 Å². The fourth-order valence-electron chi connectivity index (χ4n) is 5.21. The smallest absolute Gasteiger partial charge is 0.255 e. The van der Waals surface area contributed by atoms with Crippen LogP contribution < -0.4 is 5.73 Å². The minimum atomic E-state index is -2.94. The van der Waals surface area contributed by atoms with Crippen molar-refractivity contribution in [3.63, 3.8) is 0 Å². The van der Waals surface area contributed by atoms with Crippen LogP contribution in [0.15, 0.2) is 41.7 Å². The molecule has 32 heavy (non-hydrogen) atoms. The number of rotatable bonds is 2. The third kappa shape index (κ3) is 2.42. The number of likely N-dealkylation sites (N-methyl/N-ethyl adjacent to an activating group) is 1. The third-order valence-corrected chi connectivity index (χ3v) is 6.61. The van der Waals surface area contributed by atoms with Crippen LogP contribution in [0.25, 0.3) is 11.3 Å². The summed E-state index contributed by atoms with van der Waals surface area (Å²) >= 11 is 0. The summed E-state index contributed by atoms with van der Waals surface area (Å²) in [4.78, 5) is 39.8. The standard InChI is InChI=1S/C22H22N2O8/c1-7-8-5-4-6-9(25)11(8)16(26)12-10(7)17(27)14-15(24(2)3)18(28)13(21(23)31)20(30)22(14,32)19(12)29/h4-6,10,14-15,17,25-27,30,32H,1H2,2-3H3,(H2,23,31)/t10-,14-,15?,17?,22+/m1/s1. The van der Waals surface area contributed by atoms with E-state index >= 15 is 0 Å². The van der Waals surface area contributed by atoms with Gasteiger partial charge in [-0.2, -0.15) is 0 Å². The van der Waals surface area contributed by atoms with Gasteiger partial charge in [0.05, 0.1) is 29.2 Å². The Kier molecular flexibility index (Phi) is 4.60. The van der Waals surface area contributed by atoms with Crippen LogP contribution in [0.1, 0.15) is 11.1 Å². The van der Waals surface area contributed by atoms with Crippen LogP contribution in [0.5, 0.6) is 5.75 Å². The second-order valence-corrected chi connectivity index (χ2v) is 8.44. The van der Waals surface area contributed by atoms with Gasteiger partial charge < -0.3 is 31.3 Å². The number of aromatic hydroxyl groups is 1. The molecule has 3 aliphatic rings. The number of carbonyl (C=O) groups is 3. The molecule has 2 unspecified atom stereocenters. The molecule has 168 valence electrons. The Balaban J connectivity index is 2.08. The van der Waals surface area contributed by atoms with Crippen LogP contribution in [-0.4, -0.2) is 79.7 Å². The molecule has 1 aromatic carbocycles. The maximum Gasteiger partial charge on any atom is 0.255 e. The number of phenolic OH excluding ortho intramolecular Hbond substituents is 1. The monoisotopic (exact) mass is 442 g/mol. The van der Waals surface area contributed by atoms with Gasteiger partial charge in [0.15, 0.2) is 11.4 Å². The van der Waals surface area contributed by atoms with E-state index in [4.69, 9.17) is 5.73 Å². The van der Waals surface area contributed by atoms with Crippen LogP contribution in [0.3, 0.4) is 0 Å². The van der Waals surface area contributed by atoms with Crippen LogP contribution in [0, 0.1) is 11.8 Å². The first kappa shape index (κ1) is 21.8. The van der Waals surface area contributed by atoms with E-state index in [0.29, 0.717) is 0 Å². The Morgan fingerprint density at radius 1 is 1.19 bits per heavy atom. The molecule has 0 saturated heterocycles. The Labute approximate surface area is 182 Å². The maximum absolute atomic E-state index is 13.6. The van der Waals surface area contributed by atoms with E-state index in [1.165, 1.54) is 37.2 Å². The Hall–Kier alpha value is -3.47. The van der Waals surface area contributed by atoms with E-state index in [-0.39, 0.29) is 22.4 Å². The van der Waals surface area contributed by atoms with Gasteiger partial charge in [0, 0.05) is 5.92 Å². The van der Waals surface area contributed by atoms with Gasteiger partial charge in [-0.15, -0.1) is 0 Å². The number of hydrogen-bond donors (Lipinski definition) is 6. The number of primary amides is 1. The zero-order valence-electron chi connectivity index (χ0n) is 17.2. The highest BCUT2D eigenvalue weighted by Gasteiger charge is 2.68. The highest BCUT2D eigenvalue weighted by Crippen LogP contribution is 2.55. The molecule has 1 fully saturated rings. The van der Waals surface area contributed by atoms with Crippen molar-refractivity contribution in [3.8, 4) is 5.75 Å². The number of aliphatic hydroxyl groups is 4. The van der Waals surface area contributed by atoms with Crippen molar-refractivity contribution in [1.82, 2.24) is 4.90 Å². The lowest BCUT2D eigenvalue weighted by atomic mass is 9.55. The van der Waals surface area contributed by atoms with Gasteiger partial charge in [-0.05, 0) is 31.3 Å². The minimum Gasteiger partial charge on any atom is -0.508 e. The second kappa shape index (κ2) is 6.76. The van der Waals surface area contributed by atoms with Gasteiger partial charge in [-0.1, -0.05) is 18.7 Å². The van der Waals surface area contributed by atoms with Gasteiger partial charge in [0.1, 0.15) is 22.8 Å². The number of aliphatic hydroxyl groups excluding tert-OH is 3. The topological polar surface area (TPSA) is 182 Å². The molecule has 1 amide bonds. The van der Waals surface area contributed by atoms with Crippen LogP contribution in [0.4, 0.5) is 0 Å². The number of fused-ring (bicyclic) bond motifs is 3. The lowest BCUT2D eigenvalue weighted by Crippen LogP contribution is -2.70. The molecular weight excluding hydrogens is 420 g/mol. The SMILES string of the molecule is C=C1c2cccc(O)c2C(O)=C2C(=O)[C@]3(O)C(O)=C(C(N)=O)C(=O)C(N(C)C)[C@@H]3C(O)[C@H]12. The molecule has 10 heteroatoms. The second-order valence-electron chi connectivity index (χ2n) is 8.44. The number of phenols is 1. The third-order valence-electron chi connectivity index (χ3n) is 6.61. The number of nitrogens with two attached hydrogens (primary N) is 1. The summed E-state index contributed by atoms with van der Waals surface area (Å²) in [5.41, 5.74) is 1.16. The quantitative estimate of drug-likeness (QED) is 0.326. The molecule has 1 saturated carbocycles. The van der Waals surface area contributed by atoms with E-state index in [2.05, 4.69) is 6.58 Å². The molecule has 1 aromatic rings. The van der Waals surface area contributed by atoms with Crippen molar-refractivity contribution in [2.45, 2.75) is 17.7 Å². The average Bonchev–Trinajstić information content (AvgIpc) is 2.70. The van der Waals surface area contributed by atoms with Crippen molar-refractivity contribution in [3.05, 3.63) is 52.8 Å². The van der Waals surface area contributed by atoms with Gasteiger partial charge in [0.25, 0.3) is 5.91 Å². The lowest BCUT2D eigenvalue weighted by molar-refractivity contribution is -0.166. The first-order chi connectivity index (χ1) is 14.9. The van der Waals surface area contributed by atoms with Crippen molar-refractivity contribution >= 4 is 28.8 Å². The Morgan fingerprint density at radius 2 is 1.81 bits per heavy atom. The molecule has 0 aromatic heterocycles. The number of carbonyl (C=O) groups excluding carboxylic acids is 3. The number of ketones is 2. The summed E-state index contributed by atoms with van der Waals surface area (Å²) in [7, 11) is 2.88. The molecule has 0 spiro atoms. The van der Waals surface area contributed by atoms with Crippen LogP contribution >= 0.6 is 0 Å². The van der Waals surface area contributed by atoms with Crippen LogP contribution in [-0.2, 0) is 14.4 Å². The van der Waals surface area contributed by atoms with E-state index in [1.807, 2.05) is 0 Å². The zero-order valence-corrected chi connectivity index (χ0v) is 17.2. The zero-order chi connectivity index (χ0) is 23.9. The van der Waals surface area contributed by atoms with Gasteiger partial charge in [-0.3, -0.25) is 19.3 Å². The molecule has 0 aliphatic heterocycles. The summed E-state index contributed by atoms with van der Waals surface area (Å²) < 4.78 is 0. The predicted molar refractivity (Wildman–Crippen MR) is 111 cm³/mol. The molecule has 3 aliphatic carbocycles. The number of nitrogens with zero attached hydrogens (tertiary/aromatic N) is 1. The molecule has 10 nitrogen and oxygen atoms in total. The fraction of sp³-hybridized carbons (Fsp3) is 0.318. The normalized spacial score (nSPS) is 32.1. The van der Waals surface area contributed by atoms with Gasteiger partial charge in [-0.25, -0.2) is 0 Å². The van der Waals surface area contributed by atoms with Crippen molar-refractivity contribution in [1.29, 1.82) is 0 Å². The highest BCUT2D eigenvalue weighted by atomic mass is 16.4. The first-order valence-corrected chi connectivity index (χ1v) is 9.71. The largest absolute Gasteiger partial charge is 0.508 e. The van der Waals surface area contributed by atoms with E-state index in [1.54, 1.807) is 0 Å². The average molecular weight is 442 g/mol. The summed E-state index contributed by atoms with van der Waals surface area (Å²) in [5, 5.41) is 54.7. The van der Waals surface area contributed by atoms with Crippen molar-refractivity contribution < 1.29 is 39.9 Å². The number of amides is 1. The Bertz CT molecular complexity index is 1180. The lowest BCUT2D eigenvalue weighted by Gasteiger charge is -2.52. The van der Waals surface area contributed by atoms with E-state index < -0.39 is 69.7 Å². The van der Waals surface area contributed by atoms with Crippen molar-refractivity contribution in [2.24, 2.45) is 17.6 Å². The minimum absolute atomic E-state index is 0.124. The van der Waals surface area contributed by atoms with E-state index in [9.17, 15) is 39.9 Å². The molecule has 4 rings (SSSR count). The van der Waals surface area contributed by atoms with Crippen LogP contribution in [0.2, 0.25) is 0 Å². The molecule has 0 heterocycles. The molecule has 5 atom stereocenters. The first-order valence-electron chi connectivity index (χ1n) is 9.71. The number of hydrogen-bond acceptors (Lipinski definition) is 9. The number of Topliss-reactive ketones (excluding diaryl/α,β-unsaturated/α-hetero) is 2.